The number of alkyl halides is 3. The van der Waals surface area contributed by atoms with Crippen molar-refractivity contribution in [1.29, 1.82) is 0 Å². The van der Waals surface area contributed by atoms with Crippen molar-refractivity contribution in [2.75, 3.05) is 6.54 Å². The number of ketones is 1. The lowest BCUT2D eigenvalue weighted by Crippen LogP contribution is -2.58. The van der Waals surface area contributed by atoms with Gasteiger partial charge in [0, 0.05) is 36.7 Å². The van der Waals surface area contributed by atoms with Crippen LogP contribution < -0.4 is 31.3 Å². The van der Waals surface area contributed by atoms with Crippen LogP contribution in [-0.2, 0) is 36.9 Å². The molecule has 2 heterocycles. The molecule has 0 aliphatic carbocycles. The Bertz CT molecular complexity index is 1490. The average molecular weight is 723 g/mol. The van der Waals surface area contributed by atoms with Crippen LogP contribution in [0.4, 0.5) is 18.0 Å². The number of aromatic nitrogens is 1. The molecule has 0 radical (unpaired) electrons. The first kappa shape index (κ1) is 40.7. The molecule has 1 unspecified atom stereocenters. The molecule has 0 saturated carbocycles. The summed E-state index contributed by atoms with van der Waals surface area (Å²) in [5, 5.41) is 23.4. The van der Waals surface area contributed by atoms with Gasteiger partial charge in [0.15, 0.2) is 12.0 Å². The number of nitrogens with zero attached hydrogens (tertiary/aromatic N) is 1. The number of hydrogen-bond donors (Lipinski definition) is 6. The van der Waals surface area contributed by atoms with E-state index in [-0.39, 0.29) is 43.0 Å². The number of pyridine rings is 1. The second kappa shape index (κ2) is 19.0. The summed E-state index contributed by atoms with van der Waals surface area (Å²) in [6.45, 7) is 7.21. The zero-order valence-electron chi connectivity index (χ0n) is 28.8. The lowest BCUT2D eigenvalue weighted by molar-refractivity contribution is -0.276. The summed E-state index contributed by atoms with van der Waals surface area (Å²) in [6.07, 6.45) is -7.77. The number of nitrogens with one attached hydrogen (secondary N) is 5. The van der Waals surface area contributed by atoms with E-state index in [2.05, 4.69) is 36.3 Å². The maximum absolute atomic E-state index is 13.8. The number of Topliss-reactive ketones (excluding diaryl/α,β-unsaturated/α-hetero) is 1. The Labute approximate surface area is 293 Å². The van der Waals surface area contributed by atoms with Crippen molar-refractivity contribution in [1.82, 2.24) is 31.6 Å². The highest BCUT2D eigenvalue weighted by Gasteiger charge is 2.37. The molecule has 1 aromatic heterocycles. The lowest BCUT2D eigenvalue weighted by atomic mass is 9.94. The van der Waals surface area contributed by atoms with E-state index < -0.39 is 72.6 Å². The summed E-state index contributed by atoms with van der Waals surface area (Å²) in [5.41, 5.74) is 0.589. The van der Waals surface area contributed by atoms with Crippen molar-refractivity contribution in [3.63, 3.8) is 0 Å². The van der Waals surface area contributed by atoms with E-state index in [9.17, 15) is 42.3 Å². The summed E-state index contributed by atoms with van der Waals surface area (Å²) in [7, 11) is 0. The molecule has 4 amide bonds. The second-order valence-corrected chi connectivity index (χ2v) is 12.9. The minimum absolute atomic E-state index is 0.0581. The van der Waals surface area contributed by atoms with Gasteiger partial charge in [-0.25, -0.2) is 9.78 Å². The number of halogens is 3. The van der Waals surface area contributed by atoms with Crippen LogP contribution >= 0.6 is 0 Å². The van der Waals surface area contributed by atoms with Gasteiger partial charge in [0.25, 0.3) is 0 Å². The zero-order valence-corrected chi connectivity index (χ0v) is 28.8. The van der Waals surface area contributed by atoms with Crippen molar-refractivity contribution >= 4 is 29.6 Å². The summed E-state index contributed by atoms with van der Waals surface area (Å²) in [6, 6.07) is 7.80. The number of aliphatic hydroxyl groups is 1. The number of rotatable bonds is 18. The van der Waals surface area contributed by atoms with Crippen LogP contribution in [0.1, 0.15) is 58.2 Å². The van der Waals surface area contributed by atoms with Crippen LogP contribution in [-0.4, -0.2) is 83.0 Å². The maximum Gasteiger partial charge on any atom is 0.574 e. The van der Waals surface area contributed by atoms with Crippen molar-refractivity contribution in [3.8, 4) is 5.88 Å². The molecule has 1 aliphatic rings. The van der Waals surface area contributed by atoms with E-state index in [1.807, 2.05) is 0 Å². The van der Waals surface area contributed by atoms with E-state index in [1.165, 1.54) is 12.1 Å². The number of hydrogen-bond acceptors (Lipinski definition) is 10. The number of carbonyl (C=O) groups excluding carboxylic acids is 5. The molecule has 5 atom stereocenters. The molecule has 0 spiro atoms. The Hall–Kier alpha value is -4.77. The van der Waals surface area contributed by atoms with Gasteiger partial charge in [0.2, 0.25) is 23.6 Å². The van der Waals surface area contributed by atoms with E-state index in [0.29, 0.717) is 18.5 Å². The van der Waals surface area contributed by atoms with E-state index in [0.717, 1.165) is 6.07 Å². The summed E-state index contributed by atoms with van der Waals surface area (Å²) >= 11 is 0. The molecular weight excluding hydrogens is 677 g/mol. The first-order valence-electron chi connectivity index (χ1n) is 16.6. The van der Waals surface area contributed by atoms with Gasteiger partial charge in [-0.05, 0) is 50.7 Å². The molecule has 51 heavy (non-hydrogen) atoms. The predicted octanol–water partition coefficient (Wildman–Crippen LogP) is 2.25. The van der Waals surface area contributed by atoms with Gasteiger partial charge in [-0.3, -0.25) is 24.5 Å². The van der Waals surface area contributed by atoms with Gasteiger partial charge in [-0.2, -0.15) is 0 Å². The highest BCUT2D eigenvalue weighted by molar-refractivity contribution is 5.96. The van der Waals surface area contributed by atoms with Crippen molar-refractivity contribution in [3.05, 3.63) is 59.8 Å². The van der Waals surface area contributed by atoms with Crippen molar-refractivity contribution in [2.45, 2.75) is 96.7 Å². The van der Waals surface area contributed by atoms with E-state index >= 15 is 0 Å². The molecule has 1 saturated heterocycles. The van der Waals surface area contributed by atoms with Gasteiger partial charge in [0.1, 0.15) is 18.7 Å². The van der Waals surface area contributed by atoms with Gasteiger partial charge >= 0.3 is 12.5 Å². The molecule has 1 fully saturated rings. The number of benzene rings is 1. The van der Waals surface area contributed by atoms with Crippen LogP contribution in [0, 0.1) is 11.8 Å². The Morgan fingerprint density at radius 3 is 2.22 bits per heavy atom. The van der Waals surface area contributed by atoms with Crippen LogP contribution in [0.5, 0.6) is 5.88 Å². The number of alkyl carbamates (subject to hydrolysis) is 1. The fourth-order valence-electron chi connectivity index (χ4n) is 5.31. The third kappa shape index (κ3) is 14.2. The zero-order chi connectivity index (χ0) is 37.7. The van der Waals surface area contributed by atoms with Gasteiger partial charge < -0.3 is 35.8 Å². The highest BCUT2D eigenvalue weighted by Crippen LogP contribution is 2.21. The van der Waals surface area contributed by atoms with Crippen molar-refractivity contribution in [2.24, 2.45) is 11.8 Å². The van der Waals surface area contributed by atoms with Crippen LogP contribution in [0.3, 0.4) is 0 Å². The fraction of sp³-hybridized carbons (Fsp3) is 0.529. The van der Waals surface area contributed by atoms with Gasteiger partial charge in [-0.15, -0.1) is 13.2 Å². The van der Waals surface area contributed by atoms with Gasteiger partial charge in [0.05, 0.1) is 6.04 Å². The molecule has 1 aromatic carbocycles. The van der Waals surface area contributed by atoms with Crippen molar-refractivity contribution < 1.29 is 51.7 Å². The fourth-order valence-corrected chi connectivity index (χ4v) is 5.31. The normalized spacial score (nSPS) is 16.8. The maximum atomic E-state index is 13.8. The first-order chi connectivity index (χ1) is 24.0. The topological polar surface area (TPSA) is 197 Å². The Morgan fingerprint density at radius 1 is 0.941 bits per heavy atom. The quantitative estimate of drug-likeness (QED) is 0.124. The number of ether oxygens (including phenoxy) is 2. The monoisotopic (exact) mass is 722 g/mol. The third-order valence-electron chi connectivity index (χ3n) is 7.68. The molecule has 0 bridgehead atoms. The Kier molecular flexibility index (Phi) is 15.2. The molecule has 17 heteroatoms. The van der Waals surface area contributed by atoms with Gasteiger partial charge in [-0.1, -0.05) is 50.2 Å². The Balaban J connectivity index is 1.84. The largest absolute Gasteiger partial charge is 0.574 e. The number of aliphatic hydroxyl groups excluding tert-OH is 1. The van der Waals surface area contributed by atoms with E-state index in [1.54, 1.807) is 58.0 Å². The summed E-state index contributed by atoms with van der Waals surface area (Å²) in [5.74, 6) is -4.35. The molecule has 3 rings (SSSR count). The smallest absolute Gasteiger partial charge is 0.445 e. The minimum atomic E-state index is -5.03. The highest BCUT2D eigenvalue weighted by atomic mass is 19.4. The Morgan fingerprint density at radius 2 is 1.61 bits per heavy atom. The first-order valence-corrected chi connectivity index (χ1v) is 16.6. The van der Waals surface area contributed by atoms with Crippen LogP contribution in [0.15, 0.2) is 48.5 Å². The molecule has 1 aliphatic heterocycles. The number of amides is 4. The summed E-state index contributed by atoms with van der Waals surface area (Å²) < 4.78 is 47.7. The van der Waals surface area contributed by atoms with Crippen LogP contribution in [0.25, 0.3) is 0 Å². The van der Waals surface area contributed by atoms with E-state index in [4.69, 9.17) is 4.74 Å². The molecule has 2 aromatic rings. The average Bonchev–Trinajstić information content (AvgIpc) is 3.45. The lowest BCUT2D eigenvalue weighted by Gasteiger charge is -2.28. The number of carbonyl (C=O) groups is 5. The van der Waals surface area contributed by atoms with Crippen LogP contribution in [0.2, 0.25) is 0 Å². The molecule has 6 N–H and O–H groups in total. The SMILES string of the molecule is CC(C)C[C@H](NC(=O)[C@H](Cc1cccc(OC(F)(F)F)n1)NC(=O)OCc1ccccc1)C(=O)N[C@@H](C[C@@H]1CCNC1=O)C(=O)C(O)NC(C)C. The third-order valence-corrected chi connectivity index (χ3v) is 7.68. The predicted molar refractivity (Wildman–Crippen MR) is 177 cm³/mol. The standard InChI is InChI=1S/C34H45F3N6O8/c1-19(2)15-25(30(46)41-24(16-22-13-14-38-29(22)45)28(44)32(48)39-20(3)4)42-31(47)26(43-33(49)50-18-21-9-6-5-7-10-21)17-23-11-8-12-27(40-23)51-34(35,36)37/h5-12,19-20,22,24-26,32,39,48H,13-18H2,1-4H3,(H,38,45)(H,41,46)(H,42,47)(H,43,49)/t22-,24-,25-,26-,32?/m0/s1. The summed E-state index contributed by atoms with van der Waals surface area (Å²) in [4.78, 5) is 69.8. The second-order valence-electron chi connectivity index (χ2n) is 12.9. The molecule has 280 valence electrons. The molecular formula is C34H45F3N6O8. The minimum Gasteiger partial charge on any atom is -0.445 e. The molecule has 14 nitrogen and oxygen atoms in total.